The summed E-state index contributed by atoms with van der Waals surface area (Å²) in [5.41, 5.74) is 2.46. The second kappa shape index (κ2) is 5.19. The van der Waals surface area contributed by atoms with Crippen molar-refractivity contribution >= 4 is 11.9 Å². The van der Waals surface area contributed by atoms with Crippen LogP contribution in [0.25, 0.3) is 0 Å². The zero-order valence-corrected chi connectivity index (χ0v) is 11.1. The van der Waals surface area contributed by atoms with Gasteiger partial charge in [0.2, 0.25) is 5.91 Å². The fourth-order valence-corrected chi connectivity index (χ4v) is 3.16. The van der Waals surface area contributed by atoms with Crippen LogP contribution >= 0.6 is 0 Å². The molecule has 4 nitrogen and oxygen atoms in total. The zero-order valence-electron chi connectivity index (χ0n) is 11.1. The summed E-state index contributed by atoms with van der Waals surface area (Å²) >= 11 is 0. The van der Waals surface area contributed by atoms with Crippen molar-refractivity contribution in [2.45, 2.75) is 44.6 Å². The van der Waals surface area contributed by atoms with Gasteiger partial charge >= 0.3 is 5.97 Å². The van der Waals surface area contributed by atoms with Gasteiger partial charge in [-0.2, -0.15) is 0 Å². The average molecular weight is 261 g/mol. The predicted molar refractivity (Wildman–Crippen MR) is 70.3 cm³/mol. The molecule has 1 fully saturated rings. The Bertz CT molecular complexity index is 464. The van der Waals surface area contributed by atoms with Gasteiger partial charge in [-0.3, -0.25) is 9.59 Å². The first-order valence-electron chi connectivity index (χ1n) is 7.08. The van der Waals surface area contributed by atoms with Crippen molar-refractivity contribution in [3.05, 3.63) is 23.3 Å². The number of amides is 1. The van der Waals surface area contributed by atoms with Gasteiger partial charge in [-0.1, -0.05) is 12.5 Å². The van der Waals surface area contributed by atoms with Crippen LogP contribution in [0.1, 0.15) is 38.5 Å². The maximum Gasteiger partial charge on any atom is 0.309 e. The van der Waals surface area contributed by atoms with Crippen LogP contribution in [0.3, 0.4) is 0 Å². The van der Waals surface area contributed by atoms with Crippen molar-refractivity contribution in [2.24, 2.45) is 0 Å². The number of carbonyl (C=O) groups is 2. The Balaban J connectivity index is 1.58. The molecule has 0 aromatic rings. The second-order valence-corrected chi connectivity index (χ2v) is 5.49. The predicted octanol–water partition coefficient (Wildman–Crippen LogP) is 1.96. The lowest BCUT2D eigenvalue weighted by Gasteiger charge is -2.30. The highest BCUT2D eigenvalue weighted by atomic mass is 16.5. The van der Waals surface area contributed by atoms with Crippen LogP contribution in [0.15, 0.2) is 23.3 Å². The number of esters is 1. The Morgan fingerprint density at radius 2 is 2.21 bits per heavy atom. The van der Waals surface area contributed by atoms with Crippen LogP contribution in [-0.4, -0.2) is 36.0 Å². The fourth-order valence-electron chi connectivity index (χ4n) is 3.16. The van der Waals surface area contributed by atoms with E-state index in [1.54, 1.807) is 0 Å². The van der Waals surface area contributed by atoms with E-state index in [9.17, 15) is 9.59 Å². The summed E-state index contributed by atoms with van der Waals surface area (Å²) < 4.78 is 5.02. The standard InChI is InChI=1S/C15H19NO3/c17-14-9-12-3-1-2-4-13(12)16(14)8-7-11-5-6-15(18)19-10-11/h5,9,13H,1-4,6-8,10H2. The smallest absolute Gasteiger partial charge is 0.309 e. The number of carbonyl (C=O) groups excluding carboxylic acids is 2. The van der Waals surface area contributed by atoms with E-state index in [2.05, 4.69) is 0 Å². The number of rotatable bonds is 3. The van der Waals surface area contributed by atoms with Crippen LogP contribution in [0.5, 0.6) is 0 Å². The van der Waals surface area contributed by atoms with E-state index in [0.29, 0.717) is 19.1 Å². The van der Waals surface area contributed by atoms with Gasteiger partial charge in [0.15, 0.2) is 0 Å². The molecule has 1 unspecified atom stereocenters. The largest absolute Gasteiger partial charge is 0.461 e. The molecule has 3 rings (SSSR count). The minimum atomic E-state index is -0.155. The molecule has 1 amide bonds. The molecule has 0 spiro atoms. The Kier molecular flexibility index (Phi) is 3.40. The van der Waals surface area contributed by atoms with Crippen LogP contribution in [-0.2, 0) is 14.3 Å². The van der Waals surface area contributed by atoms with Crippen molar-refractivity contribution < 1.29 is 14.3 Å². The molecule has 0 N–H and O–H groups in total. The summed E-state index contributed by atoms with van der Waals surface area (Å²) in [7, 11) is 0. The summed E-state index contributed by atoms with van der Waals surface area (Å²) in [6.07, 6.45) is 9.57. The fraction of sp³-hybridized carbons (Fsp3) is 0.600. The lowest BCUT2D eigenvalue weighted by Crippen LogP contribution is -2.37. The Morgan fingerprint density at radius 1 is 1.32 bits per heavy atom. The van der Waals surface area contributed by atoms with Gasteiger partial charge in [0.05, 0.1) is 12.5 Å². The van der Waals surface area contributed by atoms with E-state index in [1.807, 2.05) is 17.1 Å². The van der Waals surface area contributed by atoms with Gasteiger partial charge in [0.1, 0.15) is 6.61 Å². The molecule has 2 aliphatic heterocycles. The highest BCUT2D eigenvalue weighted by molar-refractivity contribution is 5.92. The maximum absolute atomic E-state index is 12.0. The first-order chi connectivity index (χ1) is 9.24. The normalized spacial score (nSPS) is 26.7. The summed E-state index contributed by atoms with van der Waals surface area (Å²) in [5.74, 6) is 0.00698. The number of ether oxygens (including phenoxy) is 1. The Labute approximate surface area is 113 Å². The Morgan fingerprint density at radius 3 is 3.00 bits per heavy atom. The molecule has 0 saturated heterocycles. The Hall–Kier alpha value is -1.58. The number of hydrogen-bond donors (Lipinski definition) is 0. The van der Waals surface area contributed by atoms with E-state index < -0.39 is 0 Å². The highest BCUT2D eigenvalue weighted by Gasteiger charge is 2.33. The van der Waals surface area contributed by atoms with E-state index in [0.717, 1.165) is 31.4 Å². The molecule has 102 valence electrons. The molecule has 0 aromatic heterocycles. The molecule has 4 heteroatoms. The molecule has 19 heavy (non-hydrogen) atoms. The number of nitrogens with zero attached hydrogens (tertiary/aromatic N) is 1. The summed E-state index contributed by atoms with van der Waals surface area (Å²) in [5, 5.41) is 0. The molecular formula is C15H19NO3. The van der Waals surface area contributed by atoms with Crippen molar-refractivity contribution in [3.63, 3.8) is 0 Å². The maximum atomic E-state index is 12.0. The van der Waals surface area contributed by atoms with Crippen molar-refractivity contribution in [2.75, 3.05) is 13.2 Å². The van der Waals surface area contributed by atoms with Gasteiger partial charge in [-0.25, -0.2) is 0 Å². The van der Waals surface area contributed by atoms with Gasteiger partial charge in [0.25, 0.3) is 0 Å². The third kappa shape index (κ3) is 2.57. The summed E-state index contributed by atoms with van der Waals surface area (Å²) in [4.78, 5) is 25.0. The SMILES string of the molecule is O=C1CC=C(CCN2C(=O)C=C3CCCCC32)CO1. The number of cyclic esters (lactones) is 1. The van der Waals surface area contributed by atoms with Gasteiger partial charge < -0.3 is 9.64 Å². The van der Waals surface area contributed by atoms with Gasteiger partial charge in [0, 0.05) is 12.6 Å². The third-order valence-electron chi connectivity index (χ3n) is 4.24. The molecule has 0 radical (unpaired) electrons. The van der Waals surface area contributed by atoms with E-state index in [1.165, 1.54) is 18.4 Å². The van der Waals surface area contributed by atoms with Crippen LogP contribution in [0, 0.1) is 0 Å². The second-order valence-electron chi connectivity index (χ2n) is 5.49. The molecule has 2 heterocycles. The molecule has 0 bridgehead atoms. The number of fused-ring (bicyclic) bond motifs is 1. The van der Waals surface area contributed by atoms with Gasteiger partial charge in [-0.05, 0) is 36.8 Å². The lowest BCUT2D eigenvalue weighted by molar-refractivity contribution is -0.142. The molecular weight excluding hydrogens is 242 g/mol. The monoisotopic (exact) mass is 261 g/mol. The molecule has 1 saturated carbocycles. The summed E-state index contributed by atoms with van der Waals surface area (Å²) in [6.45, 7) is 1.14. The topological polar surface area (TPSA) is 46.6 Å². The number of hydrogen-bond acceptors (Lipinski definition) is 3. The van der Waals surface area contributed by atoms with Crippen molar-refractivity contribution in [1.82, 2.24) is 4.90 Å². The average Bonchev–Trinajstić information content (AvgIpc) is 2.74. The zero-order chi connectivity index (χ0) is 13.2. The highest BCUT2D eigenvalue weighted by Crippen LogP contribution is 2.32. The van der Waals surface area contributed by atoms with Crippen molar-refractivity contribution in [1.29, 1.82) is 0 Å². The van der Waals surface area contributed by atoms with E-state index >= 15 is 0 Å². The van der Waals surface area contributed by atoms with Gasteiger partial charge in [-0.15, -0.1) is 0 Å². The lowest BCUT2D eigenvalue weighted by atomic mass is 9.91. The molecule has 0 aromatic carbocycles. The van der Waals surface area contributed by atoms with Crippen molar-refractivity contribution in [3.8, 4) is 0 Å². The summed E-state index contributed by atoms with van der Waals surface area (Å²) in [6, 6.07) is 0.341. The van der Waals surface area contributed by atoms with Crippen LogP contribution in [0.2, 0.25) is 0 Å². The molecule has 1 aliphatic carbocycles. The first kappa shape index (κ1) is 12.5. The minimum absolute atomic E-state index is 0.155. The molecule has 3 aliphatic rings. The minimum Gasteiger partial charge on any atom is -0.461 e. The van der Waals surface area contributed by atoms with Crippen LogP contribution in [0.4, 0.5) is 0 Å². The first-order valence-corrected chi connectivity index (χ1v) is 7.08. The van der Waals surface area contributed by atoms with E-state index in [4.69, 9.17) is 4.74 Å². The molecule has 1 atom stereocenters. The van der Waals surface area contributed by atoms with E-state index in [-0.39, 0.29) is 11.9 Å². The quantitative estimate of drug-likeness (QED) is 0.576. The van der Waals surface area contributed by atoms with Crippen LogP contribution < -0.4 is 0 Å². The third-order valence-corrected chi connectivity index (χ3v) is 4.24.